The molecule has 0 aromatic carbocycles. The summed E-state index contributed by atoms with van der Waals surface area (Å²) in [6, 6.07) is 0.608. The van der Waals surface area contributed by atoms with Crippen molar-refractivity contribution < 1.29 is 4.74 Å². The second-order valence-electron chi connectivity index (χ2n) is 3.07. The highest BCUT2D eigenvalue weighted by atomic mass is 35.5. The molecule has 0 spiro atoms. The number of nitrogens with zero attached hydrogens (tertiary/aromatic N) is 3. The van der Waals surface area contributed by atoms with Gasteiger partial charge in [-0.1, -0.05) is 0 Å². The Labute approximate surface area is 85.9 Å². The normalized spacial score (nSPS) is 24.5. The van der Waals surface area contributed by atoms with Crippen LogP contribution in [0, 0.1) is 0 Å². The van der Waals surface area contributed by atoms with Crippen LogP contribution in [-0.4, -0.2) is 34.1 Å². The van der Waals surface area contributed by atoms with Crippen molar-refractivity contribution in [1.29, 1.82) is 0 Å². The molecule has 14 heavy (non-hydrogen) atoms. The first-order chi connectivity index (χ1) is 6.69. The van der Waals surface area contributed by atoms with E-state index in [4.69, 9.17) is 22.1 Å². The monoisotopic (exact) mass is 215 g/mol. The summed E-state index contributed by atoms with van der Waals surface area (Å²) < 4.78 is 4.85. The van der Waals surface area contributed by atoms with E-state index in [1.807, 2.05) is 0 Å². The lowest BCUT2D eigenvalue weighted by atomic mass is 10.6. The molecule has 0 aliphatic heterocycles. The number of aromatic nitrogens is 3. The molecule has 1 saturated carbocycles. The van der Waals surface area contributed by atoms with Crippen LogP contribution in [0.5, 0.6) is 6.01 Å². The molecule has 3 N–H and O–H groups in total. The summed E-state index contributed by atoms with van der Waals surface area (Å²) in [5.74, 6) is 0.403. The predicted octanol–water partition coefficient (Wildman–Crippen LogP) is 0.0451. The maximum Gasteiger partial charge on any atom is 0.322 e. The van der Waals surface area contributed by atoms with Crippen molar-refractivity contribution in [1.82, 2.24) is 15.0 Å². The molecule has 7 heteroatoms. The van der Waals surface area contributed by atoms with E-state index in [1.165, 1.54) is 7.11 Å². The number of nitrogens with two attached hydrogens (primary N) is 1. The molecule has 1 heterocycles. The van der Waals surface area contributed by atoms with Crippen molar-refractivity contribution in [2.75, 3.05) is 12.4 Å². The third-order valence-corrected chi connectivity index (χ3v) is 2.09. The Morgan fingerprint density at radius 2 is 2.21 bits per heavy atom. The Kier molecular flexibility index (Phi) is 2.39. The average molecular weight is 216 g/mol. The van der Waals surface area contributed by atoms with E-state index in [1.54, 1.807) is 0 Å². The molecule has 1 aromatic rings. The molecular weight excluding hydrogens is 206 g/mol. The summed E-state index contributed by atoms with van der Waals surface area (Å²) in [5, 5.41) is 3.13. The van der Waals surface area contributed by atoms with Gasteiger partial charge in [0, 0.05) is 12.1 Å². The van der Waals surface area contributed by atoms with Gasteiger partial charge < -0.3 is 15.8 Å². The van der Waals surface area contributed by atoms with Crippen LogP contribution in [0.25, 0.3) is 0 Å². The predicted molar refractivity (Wildman–Crippen MR) is 51.4 cm³/mol. The molecule has 0 bridgehead atoms. The molecule has 76 valence electrons. The zero-order chi connectivity index (χ0) is 10.1. The summed E-state index contributed by atoms with van der Waals surface area (Å²) in [6.07, 6.45) is 0.922. The van der Waals surface area contributed by atoms with E-state index in [9.17, 15) is 0 Å². The number of hydrogen-bond donors (Lipinski definition) is 2. The first-order valence-electron chi connectivity index (χ1n) is 4.16. The highest BCUT2D eigenvalue weighted by Gasteiger charge is 2.34. The van der Waals surface area contributed by atoms with Crippen LogP contribution in [0.2, 0.25) is 5.28 Å². The third-order valence-electron chi connectivity index (χ3n) is 1.92. The lowest BCUT2D eigenvalue weighted by molar-refractivity contribution is 0.379. The third kappa shape index (κ3) is 2.02. The lowest BCUT2D eigenvalue weighted by Crippen LogP contribution is -2.15. The summed E-state index contributed by atoms with van der Waals surface area (Å²) in [5.41, 5.74) is 5.63. The van der Waals surface area contributed by atoms with Crippen LogP contribution < -0.4 is 15.8 Å². The molecule has 2 atom stereocenters. The van der Waals surface area contributed by atoms with Gasteiger partial charge in [-0.25, -0.2) is 0 Å². The van der Waals surface area contributed by atoms with Crippen molar-refractivity contribution in [2.45, 2.75) is 18.5 Å². The van der Waals surface area contributed by atoms with Crippen LogP contribution >= 0.6 is 11.6 Å². The molecule has 2 unspecified atom stereocenters. The Hall–Kier alpha value is -1.14. The van der Waals surface area contributed by atoms with Gasteiger partial charge in [0.1, 0.15) is 0 Å². The van der Waals surface area contributed by atoms with E-state index in [2.05, 4.69) is 20.3 Å². The Balaban J connectivity index is 2.12. The van der Waals surface area contributed by atoms with Crippen molar-refractivity contribution in [3.63, 3.8) is 0 Å². The van der Waals surface area contributed by atoms with Gasteiger partial charge in [-0.05, 0) is 18.0 Å². The van der Waals surface area contributed by atoms with Gasteiger partial charge in [0.2, 0.25) is 11.2 Å². The van der Waals surface area contributed by atoms with Gasteiger partial charge in [-0.15, -0.1) is 0 Å². The van der Waals surface area contributed by atoms with Gasteiger partial charge in [-0.2, -0.15) is 15.0 Å². The van der Waals surface area contributed by atoms with E-state index < -0.39 is 0 Å². The average Bonchev–Trinajstić information content (AvgIpc) is 2.80. The lowest BCUT2D eigenvalue weighted by Gasteiger charge is -2.04. The molecular formula is C7H10ClN5O. The number of hydrogen-bond acceptors (Lipinski definition) is 6. The Morgan fingerprint density at radius 1 is 1.50 bits per heavy atom. The molecule has 1 aliphatic rings. The minimum Gasteiger partial charge on any atom is -0.467 e. The number of anilines is 1. The van der Waals surface area contributed by atoms with Crippen molar-refractivity contribution in [3.8, 4) is 6.01 Å². The zero-order valence-corrected chi connectivity index (χ0v) is 8.32. The first kappa shape index (κ1) is 9.42. The van der Waals surface area contributed by atoms with Gasteiger partial charge in [0.15, 0.2) is 0 Å². The van der Waals surface area contributed by atoms with Gasteiger partial charge in [0.05, 0.1) is 7.11 Å². The van der Waals surface area contributed by atoms with E-state index in [0.717, 1.165) is 6.42 Å². The van der Waals surface area contributed by atoms with E-state index in [-0.39, 0.29) is 23.4 Å². The summed E-state index contributed by atoms with van der Waals surface area (Å²) in [6.45, 7) is 0. The maximum absolute atomic E-state index is 5.66. The SMILES string of the molecule is COc1nc(Cl)nc(NC2CC2N)n1. The smallest absolute Gasteiger partial charge is 0.322 e. The minimum atomic E-state index is 0.105. The maximum atomic E-state index is 5.66. The van der Waals surface area contributed by atoms with Crippen molar-refractivity contribution in [2.24, 2.45) is 5.73 Å². The zero-order valence-electron chi connectivity index (χ0n) is 7.57. The summed E-state index contributed by atoms with van der Waals surface area (Å²) in [4.78, 5) is 11.6. The topological polar surface area (TPSA) is 86.0 Å². The fraction of sp³-hybridized carbons (Fsp3) is 0.571. The molecule has 0 radical (unpaired) electrons. The van der Waals surface area contributed by atoms with Crippen LogP contribution in [0.15, 0.2) is 0 Å². The van der Waals surface area contributed by atoms with Gasteiger partial charge in [-0.3, -0.25) is 0 Å². The fourth-order valence-corrected chi connectivity index (χ4v) is 1.19. The molecule has 0 saturated heterocycles. The molecule has 0 amide bonds. The number of methoxy groups -OCH3 is 1. The Bertz CT molecular complexity index is 347. The standard InChI is InChI=1S/C7H10ClN5O/c1-14-7-12-5(8)11-6(13-7)10-4-2-3(4)9/h3-4H,2,9H2,1H3,(H,10,11,12,13). The molecule has 6 nitrogen and oxygen atoms in total. The second-order valence-corrected chi connectivity index (χ2v) is 3.40. The summed E-state index contributed by atoms with van der Waals surface area (Å²) >= 11 is 5.66. The van der Waals surface area contributed by atoms with Gasteiger partial charge >= 0.3 is 6.01 Å². The second kappa shape index (κ2) is 3.55. The highest BCUT2D eigenvalue weighted by molar-refractivity contribution is 6.28. The molecule has 2 rings (SSSR count). The minimum absolute atomic E-state index is 0.105. The van der Waals surface area contributed by atoms with Crippen molar-refractivity contribution >= 4 is 17.5 Å². The number of rotatable bonds is 3. The van der Waals surface area contributed by atoms with Gasteiger partial charge in [0.25, 0.3) is 0 Å². The van der Waals surface area contributed by atoms with Crippen LogP contribution in [0.4, 0.5) is 5.95 Å². The summed E-state index contributed by atoms with van der Waals surface area (Å²) in [7, 11) is 1.47. The number of halogens is 1. The van der Waals surface area contributed by atoms with Crippen LogP contribution in [0.3, 0.4) is 0 Å². The van der Waals surface area contributed by atoms with Crippen LogP contribution in [0.1, 0.15) is 6.42 Å². The van der Waals surface area contributed by atoms with Crippen molar-refractivity contribution in [3.05, 3.63) is 5.28 Å². The number of ether oxygens (including phenoxy) is 1. The Morgan fingerprint density at radius 3 is 2.79 bits per heavy atom. The highest BCUT2D eigenvalue weighted by Crippen LogP contribution is 2.22. The van der Waals surface area contributed by atoms with E-state index in [0.29, 0.717) is 5.95 Å². The molecule has 1 aliphatic carbocycles. The molecule has 1 fully saturated rings. The van der Waals surface area contributed by atoms with Crippen LogP contribution in [-0.2, 0) is 0 Å². The number of nitrogens with one attached hydrogen (secondary N) is 1. The largest absolute Gasteiger partial charge is 0.467 e. The molecule has 1 aromatic heterocycles. The first-order valence-corrected chi connectivity index (χ1v) is 4.54. The van der Waals surface area contributed by atoms with E-state index >= 15 is 0 Å². The fourth-order valence-electron chi connectivity index (χ4n) is 1.03. The quantitative estimate of drug-likeness (QED) is 0.741.